The van der Waals surface area contributed by atoms with Crippen molar-refractivity contribution in [2.24, 2.45) is 5.41 Å². The number of hydrogen-bond acceptors (Lipinski definition) is 1. The number of allylic oxidation sites excluding steroid dienone is 6. The fourth-order valence-electron chi connectivity index (χ4n) is 4.17. The van der Waals surface area contributed by atoms with E-state index in [9.17, 15) is 0 Å². The van der Waals surface area contributed by atoms with Gasteiger partial charge in [-0.05, 0) is 85.6 Å². The minimum absolute atomic E-state index is 0.403. The van der Waals surface area contributed by atoms with Crippen molar-refractivity contribution in [1.29, 1.82) is 0 Å². The van der Waals surface area contributed by atoms with Gasteiger partial charge in [-0.1, -0.05) is 44.7 Å². The Bertz CT molecular complexity index is 764. The number of rotatable bonds is 3. The van der Waals surface area contributed by atoms with Crippen molar-refractivity contribution < 1.29 is 0 Å². The van der Waals surface area contributed by atoms with Crippen LogP contribution in [0.25, 0.3) is 11.1 Å². The van der Waals surface area contributed by atoms with Gasteiger partial charge in [0, 0.05) is 9.75 Å². The second-order valence-corrected chi connectivity index (χ2v) is 9.28. The Morgan fingerprint density at radius 1 is 1.15 bits per heavy atom. The summed E-state index contributed by atoms with van der Waals surface area (Å²) >= 11 is 2.02. The molecule has 26 heavy (non-hydrogen) atoms. The van der Waals surface area contributed by atoms with E-state index in [2.05, 4.69) is 66.2 Å². The van der Waals surface area contributed by atoms with Gasteiger partial charge in [-0.2, -0.15) is 0 Å². The molecule has 0 N–H and O–H groups in total. The number of hydrogen-bond donors (Lipinski definition) is 0. The molecule has 0 amide bonds. The van der Waals surface area contributed by atoms with Crippen molar-refractivity contribution in [3.8, 4) is 0 Å². The smallest absolute Gasteiger partial charge is 0.0426 e. The van der Waals surface area contributed by atoms with Crippen LogP contribution in [-0.4, -0.2) is 0 Å². The van der Waals surface area contributed by atoms with Crippen molar-refractivity contribution >= 4 is 22.5 Å². The van der Waals surface area contributed by atoms with Crippen molar-refractivity contribution in [3.05, 3.63) is 70.5 Å². The molecule has 2 aliphatic rings. The van der Waals surface area contributed by atoms with E-state index < -0.39 is 0 Å². The van der Waals surface area contributed by atoms with E-state index in [-0.39, 0.29) is 0 Å². The van der Waals surface area contributed by atoms with Crippen molar-refractivity contribution in [1.82, 2.24) is 0 Å². The van der Waals surface area contributed by atoms with Gasteiger partial charge < -0.3 is 0 Å². The molecule has 1 heterocycles. The minimum Gasteiger partial charge on any atom is -0.139 e. The summed E-state index contributed by atoms with van der Waals surface area (Å²) in [5.74, 6) is 0. The molecule has 1 aromatic rings. The molecule has 2 aliphatic carbocycles. The normalized spacial score (nSPS) is 20.5. The Kier molecular flexibility index (Phi) is 6.69. The highest BCUT2D eigenvalue weighted by Crippen LogP contribution is 2.48. The van der Waals surface area contributed by atoms with Gasteiger partial charge in [0.1, 0.15) is 0 Å². The summed E-state index contributed by atoms with van der Waals surface area (Å²) in [4.78, 5) is 3.04. The van der Waals surface area contributed by atoms with Gasteiger partial charge in [-0.25, -0.2) is 0 Å². The molecule has 140 valence electrons. The lowest BCUT2D eigenvalue weighted by atomic mass is 9.75. The Morgan fingerprint density at radius 2 is 1.85 bits per heavy atom. The van der Waals surface area contributed by atoms with Crippen LogP contribution in [0, 0.1) is 5.41 Å². The van der Waals surface area contributed by atoms with Gasteiger partial charge in [0.2, 0.25) is 0 Å². The second-order valence-electron chi connectivity index (χ2n) is 8.18. The second kappa shape index (κ2) is 8.39. The Morgan fingerprint density at radius 3 is 2.38 bits per heavy atom. The summed E-state index contributed by atoms with van der Waals surface area (Å²) in [7, 11) is 0. The molecule has 0 spiro atoms. The molecule has 0 unspecified atom stereocenters. The standard InChI is InChI=1S/C23H30S.C2H4/c1-7-9-18(17-11-8-10-16(17)4)22-21(15(2)3)19-14-23(5,6)13-12-20(19)24-22;1-2/h7,9H,2,4,8,10-14H2,1,3,5-6H3;1-2H2/b9-7-,18-17+;. The summed E-state index contributed by atoms with van der Waals surface area (Å²) in [5.41, 5.74) is 8.85. The molecule has 0 aliphatic heterocycles. The molecule has 0 bridgehead atoms. The number of thiophene rings is 1. The van der Waals surface area contributed by atoms with E-state index in [0.717, 1.165) is 6.42 Å². The first-order valence-electron chi connectivity index (χ1n) is 9.69. The zero-order valence-corrected chi connectivity index (χ0v) is 18.0. The molecule has 0 aromatic carbocycles. The van der Waals surface area contributed by atoms with Crippen molar-refractivity contribution in [2.75, 3.05) is 0 Å². The SMILES string of the molecule is C=C.C=C1CCC/C1=C(/C=C\C)c1sc2c(c1C(=C)C)CC(C)(C)CC2. The van der Waals surface area contributed by atoms with E-state index in [1.807, 2.05) is 11.3 Å². The third-order valence-corrected chi connectivity index (χ3v) is 6.76. The Hall–Kier alpha value is -1.60. The molecular formula is C25H34S. The van der Waals surface area contributed by atoms with E-state index in [4.69, 9.17) is 0 Å². The van der Waals surface area contributed by atoms with Crippen LogP contribution in [0.1, 0.15) is 74.3 Å². The summed E-state index contributed by atoms with van der Waals surface area (Å²) in [6, 6.07) is 0. The Balaban J connectivity index is 0.00000117. The molecular weight excluding hydrogens is 332 g/mol. The van der Waals surface area contributed by atoms with Gasteiger partial charge >= 0.3 is 0 Å². The molecule has 0 atom stereocenters. The predicted molar refractivity (Wildman–Crippen MR) is 121 cm³/mol. The summed E-state index contributed by atoms with van der Waals surface area (Å²) < 4.78 is 0. The molecule has 1 saturated carbocycles. The van der Waals surface area contributed by atoms with Gasteiger partial charge in [0.05, 0.1) is 0 Å². The molecule has 1 heteroatoms. The largest absolute Gasteiger partial charge is 0.139 e. The average molecular weight is 367 g/mol. The predicted octanol–water partition coefficient (Wildman–Crippen LogP) is 8.17. The maximum absolute atomic E-state index is 4.34. The summed E-state index contributed by atoms with van der Waals surface area (Å²) in [6.45, 7) is 23.8. The fraction of sp³-hybridized carbons (Fsp3) is 0.440. The number of fused-ring (bicyclic) bond motifs is 1. The highest BCUT2D eigenvalue weighted by molar-refractivity contribution is 7.13. The van der Waals surface area contributed by atoms with E-state index in [1.165, 1.54) is 64.8 Å². The number of aryl methyl sites for hydroxylation is 1. The first-order valence-corrected chi connectivity index (χ1v) is 10.5. The highest BCUT2D eigenvalue weighted by atomic mass is 32.1. The van der Waals surface area contributed by atoms with Crippen molar-refractivity contribution in [3.63, 3.8) is 0 Å². The first kappa shape index (κ1) is 20.7. The first-order chi connectivity index (χ1) is 12.3. The lowest BCUT2D eigenvalue weighted by molar-refractivity contribution is 0.317. The van der Waals surface area contributed by atoms with Gasteiger partial charge in [-0.3, -0.25) is 0 Å². The lowest BCUT2D eigenvalue weighted by Crippen LogP contribution is -2.21. The maximum Gasteiger partial charge on any atom is 0.0426 e. The van der Waals surface area contributed by atoms with Crippen LogP contribution in [0.3, 0.4) is 0 Å². The highest BCUT2D eigenvalue weighted by Gasteiger charge is 2.31. The quantitative estimate of drug-likeness (QED) is 0.473. The molecule has 3 rings (SSSR count). The molecule has 0 radical (unpaired) electrons. The van der Waals surface area contributed by atoms with E-state index in [0.29, 0.717) is 5.41 Å². The average Bonchev–Trinajstić information content (AvgIpc) is 3.17. The topological polar surface area (TPSA) is 0 Å². The zero-order chi connectivity index (χ0) is 19.5. The molecule has 0 nitrogen and oxygen atoms in total. The fourth-order valence-corrected chi connectivity index (χ4v) is 5.62. The van der Waals surface area contributed by atoms with Crippen molar-refractivity contribution in [2.45, 2.75) is 66.2 Å². The zero-order valence-electron chi connectivity index (χ0n) is 17.1. The van der Waals surface area contributed by atoms with Crippen LogP contribution < -0.4 is 0 Å². The van der Waals surface area contributed by atoms with Crippen LogP contribution in [0.4, 0.5) is 0 Å². The maximum atomic E-state index is 4.34. The third-order valence-electron chi connectivity index (χ3n) is 5.44. The Labute approximate surface area is 164 Å². The van der Waals surface area contributed by atoms with Gasteiger partial charge in [-0.15, -0.1) is 24.5 Å². The van der Waals surface area contributed by atoms with Gasteiger partial charge in [0.15, 0.2) is 0 Å². The van der Waals surface area contributed by atoms with Gasteiger partial charge in [0.25, 0.3) is 0 Å². The minimum atomic E-state index is 0.403. The molecule has 1 fully saturated rings. The van der Waals surface area contributed by atoms with Crippen LogP contribution in [0.15, 0.2) is 49.6 Å². The molecule has 1 aromatic heterocycles. The third kappa shape index (κ3) is 4.04. The van der Waals surface area contributed by atoms with Crippen LogP contribution in [0.5, 0.6) is 0 Å². The van der Waals surface area contributed by atoms with Crippen LogP contribution >= 0.6 is 11.3 Å². The van der Waals surface area contributed by atoms with Crippen LogP contribution in [0.2, 0.25) is 0 Å². The summed E-state index contributed by atoms with van der Waals surface area (Å²) in [5, 5.41) is 0. The van der Waals surface area contributed by atoms with E-state index >= 15 is 0 Å². The van der Waals surface area contributed by atoms with Crippen LogP contribution in [-0.2, 0) is 12.8 Å². The monoisotopic (exact) mass is 366 g/mol. The van der Waals surface area contributed by atoms with E-state index in [1.54, 1.807) is 10.4 Å². The summed E-state index contributed by atoms with van der Waals surface area (Å²) in [6.07, 6.45) is 11.7. The molecule has 0 saturated heterocycles. The lowest BCUT2D eigenvalue weighted by Gasteiger charge is -2.30.